The highest BCUT2D eigenvalue weighted by atomic mass is 16.6. The van der Waals surface area contributed by atoms with Crippen LogP contribution in [0.2, 0.25) is 0 Å². The molecule has 0 radical (unpaired) electrons. The van der Waals surface area contributed by atoms with Gasteiger partial charge in [-0.3, -0.25) is 4.79 Å². The number of likely N-dealkylation sites (N-methyl/N-ethyl adjacent to an activating group) is 1. The Morgan fingerprint density at radius 2 is 1.93 bits per heavy atom. The van der Waals surface area contributed by atoms with E-state index >= 15 is 0 Å². The van der Waals surface area contributed by atoms with E-state index in [1.807, 2.05) is 18.7 Å². The van der Waals surface area contributed by atoms with Crippen molar-refractivity contribution < 1.29 is 9.53 Å². The van der Waals surface area contributed by atoms with Gasteiger partial charge in [-0.25, -0.2) is 0 Å². The van der Waals surface area contributed by atoms with E-state index in [-0.39, 0.29) is 18.1 Å². The largest absolute Gasteiger partial charge is 0.359 e. The molecule has 1 fully saturated rings. The van der Waals surface area contributed by atoms with Crippen LogP contribution in [-0.2, 0) is 9.53 Å². The van der Waals surface area contributed by atoms with Crippen molar-refractivity contribution in [1.29, 1.82) is 0 Å². The number of hydrogen-bond donors (Lipinski definition) is 0. The van der Waals surface area contributed by atoms with E-state index in [1.165, 1.54) is 6.42 Å². The number of hydrogen-bond acceptors (Lipinski definition) is 2. The lowest BCUT2D eigenvalue weighted by Crippen LogP contribution is -2.34. The molecule has 1 saturated heterocycles. The average Bonchev–Trinajstić information content (AvgIpc) is 2.95. The summed E-state index contributed by atoms with van der Waals surface area (Å²) in [5.74, 6) is 0.177. The molecule has 3 heteroatoms. The third-order valence-electron chi connectivity index (χ3n) is 2.74. The Balaban J connectivity index is 2.27. The van der Waals surface area contributed by atoms with Crippen LogP contribution in [-0.4, -0.2) is 36.1 Å². The van der Waals surface area contributed by atoms with Crippen molar-refractivity contribution >= 4 is 5.91 Å². The van der Waals surface area contributed by atoms with Crippen molar-refractivity contribution in [2.45, 2.75) is 52.2 Å². The fourth-order valence-electron chi connectivity index (χ4n) is 1.70. The molecule has 1 aliphatic heterocycles. The number of carbonyl (C=O) groups is 1. The summed E-state index contributed by atoms with van der Waals surface area (Å²) >= 11 is 0. The smallest absolute Gasteiger partial charge is 0.254 e. The lowest BCUT2D eigenvalue weighted by atomic mass is 10.1. The van der Waals surface area contributed by atoms with Gasteiger partial charge in [0.2, 0.25) is 0 Å². The molecule has 0 unspecified atom stereocenters. The molecule has 0 spiro atoms. The lowest BCUT2D eigenvalue weighted by Gasteiger charge is -2.16. The molecule has 0 aromatic heterocycles. The molecule has 0 aromatic carbocycles. The van der Waals surface area contributed by atoms with Gasteiger partial charge in [-0.15, -0.1) is 0 Å². The highest BCUT2D eigenvalue weighted by Crippen LogP contribution is 2.28. The van der Waals surface area contributed by atoms with Crippen LogP contribution in [0.15, 0.2) is 0 Å². The van der Waals surface area contributed by atoms with Crippen LogP contribution in [0.25, 0.3) is 0 Å². The molecule has 14 heavy (non-hydrogen) atoms. The Morgan fingerprint density at radius 3 is 2.43 bits per heavy atom. The number of ether oxygens (including phenoxy) is 1. The first-order valence-corrected chi connectivity index (χ1v) is 5.68. The third kappa shape index (κ3) is 2.71. The molecule has 1 amide bonds. The Bertz CT molecular complexity index is 190. The van der Waals surface area contributed by atoms with E-state index in [2.05, 4.69) is 6.92 Å². The first-order chi connectivity index (χ1) is 6.74. The molecule has 0 aliphatic carbocycles. The summed E-state index contributed by atoms with van der Waals surface area (Å²) in [5, 5.41) is 0. The first kappa shape index (κ1) is 11.5. The molecule has 1 aliphatic rings. The van der Waals surface area contributed by atoms with E-state index in [9.17, 15) is 4.79 Å². The van der Waals surface area contributed by atoms with Gasteiger partial charge in [0.05, 0.1) is 6.10 Å². The summed E-state index contributed by atoms with van der Waals surface area (Å²) in [6.45, 7) is 7.74. The zero-order chi connectivity index (χ0) is 10.6. The van der Waals surface area contributed by atoms with Gasteiger partial charge in [0.15, 0.2) is 6.10 Å². The zero-order valence-corrected chi connectivity index (χ0v) is 9.45. The van der Waals surface area contributed by atoms with Crippen LogP contribution in [0.1, 0.15) is 40.0 Å². The van der Waals surface area contributed by atoms with Gasteiger partial charge in [-0.2, -0.15) is 0 Å². The van der Waals surface area contributed by atoms with Crippen molar-refractivity contribution in [2.24, 2.45) is 0 Å². The van der Waals surface area contributed by atoms with Crippen molar-refractivity contribution in [1.82, 2.24) is 4.90 Å². The summed E-state index contributed by atoms with van der Waals surface area (Å²) in [5.41, 5.74) is 0. The second-order valence-corrected chi connectivity index (χ2v) is 3.75. The molecular formula is C11H21NO2. The Morgan fingerprint density at radius 1 is 1.29 bits per heavy atom. The minimum absolute atomic E-state index is 0.124. The van der Waals surface area contributed by atoms with Crippen LogP contribution in [0.5, 0.6) is 0 Å². The quantitative estimate of drug-likeness (QED) is 0.611. The second kappa shape index (κ2) is 5.35. The summed E-state index contributed by atoms with van der Waals surface area (Å²) < 4.78 is 5.37. The fourth-order valence-corrected chi connectivity index (χ4v) is 1.70. The van der Waals surface area contributed by atoms with Gasteiger partial charge in [-0.05, 0) is 20.3 Å². The standard InChI is InChI=1S/C11H21NO2/c1-4-7-8-9-10(14-9)11(13)12(5-2)6-3/h9-10H,4-8H2,1-3H3/t9-,10+/m1/s1. The van der Waals surface area contributed by atoms with Crippen molar-refractivity contribution in [3.05, 3.63) is 0 Å². The molecule has 1 rings (SSSR count). The number of amides is 1. The fraction of sp³-hybridized carbons (Fsp3) is 0.909. The van der Waals surface area contributed by atoms with Crippen LogP contribution in [0.3, 0.4) is 0 Å². The monoisotopic (exact) mass is 199 g/mol. The maximum atomic E-state index is 11.7. The van der Waals surface area contributed by atoms with Crippen molar-refractivity contribution in [3.8, 4) is 0 Å². The molecular weight excluding hydrogens is 178 g/mol. The number of rotatable bonds is 6. The van der Waals surface area contributed by atoms with Gasteiger partial charge >= 0.3 is 0 Å². The highest BCUT2D eigenvalue weighted by Gasteiger charge is 2.45. The summed E-state index contributed by atoms with van der Waals surface area (Å²) in [4.78, 5) is 13.6. The Kier molecular flexibility index (Phi) is 4.39. The van der Waals surface area contributed by atoms with Gasteiger partial charge < -0.3 is 9.64 Å². The Labute approximate surface area is 86.4 Å². The van der Waals surface area contributed by atoms with E-state index in [1.54, 1.807) is 0 Å². The number of nitrogens with zero attached hydrogens (tertiary/aromatic N) is 1. The molecule has 0 saturated carbocycles. The van der Waals surface area contributed by atoms with Crippen molar-refractivity contribution in [3.63, 3.8) is 0 Å². The van der Waals surface area contributed by atoms with Crippen LogP contribution >= 0.6 is 0 Å². The minimum atomic E-state index is -0.124. The topological polar surface area (TPSA) is 32.8 Å². The average molecular weight is 199 g/mol. The summed E-state index contributed by atoms with van der Waals surface area (Å²) in [6, 6.07) is 0. The van der Waals surface area contributed by atoms with Gasteiger partial charge in [0.25, 0.3) is 5.91 Å². The van der Waals surface area contributed by atoms with Crippen LogP contribution in [0, 0.1) is 0 Å². The van der Waals surface area contributed by atoms with Crippen molar-refractivity contribution in [2.75, 3.05) is 13.1 Å². The lowest BCUT2D eigenvalue weighted by molar-refractivity contribution is -0.132. The van der Waals surface area contributed by atoms with E-state index in [4.69, 9.17) is 4.74 Å². The number of unbranched alkanes of at least 4 members (excludes halogenated alkanes) is 1. The number of carbonyl (C=O) groups excluding carboxylic acids is 1. The van der Waals surface area contributed by atoms with Gasteiger partial charge in [0, 0.05) is 13.1 Å². The normalized spacial score (nSPS) is 24.8. The predicted molar refractivity (Wildman–Crippen MR) is 56.1 cm³/mol. The SMILES string of the molecule is CCCC[C@H]1O[C@@H]1C(=O)N(CC)CC. The molecule has 2 atom stereocenters. The molecule has 0 N–H and O–H groups in total. The first-order valence-electron chi connectivity index (χ1n) is 5.68. The van der Waals surface area contributed by atoms with E-state index < -0.39 is 0 Å². The molecule has 3 nitrogen and oxygen atoms in total. The second-order valence-electron chi connectivity index (χ2n) is 3.75. The van der Waals surface area contributed by atoms with Gasteiger partial charge in [0.1, 0.15) is 0 Å². The summed E-state index contributed by atoms with van der Waals surface area (Å²) in [7, 11) is 0. The molecule has 0 bridgehead atoms. The van der Waals surface area contributed by atoms with Gasteiger partial charge in [-0.1, -0.05) is 19.8 Å². The summed E-state index contributed by atoms with van der Waals surface area (Å²) in [6.07, 6.45) is 3.46. The van der Waals surface area contributed by atoms with Crippen LogP contribution in [0.4, 0.5) is 0 Å². The zero-order valence-electron chi connectivity index (χ0n) is 9.45. The van der Waals surface area contributed by atoms with E-state index in [0.29, 0.717) is 0 Å². The minimum Gasteiger partial charge on any atom is -0.359 e. The highest BCUT2D eigenvalue weighted by molar-refractivity contribution is 5.83. The van der Waals surface area contributed by atoms with E-state index in [0.717, 1.165) is 25.9 Å². The predicted octanol–water partition coefficient (Wildman–Crippen LogP) is 1.81. The maximum absolute atomic E-state index is 11.7. The molecule has 82 valence electrons. The number of epoxide rings is 1. The van der Waals surface area contributed by atoms with Crippen LogP contribution < -0.4 is 0 Å². The molecule has 1 heterocycles. The third-order valence-corrected chi connectivity index (χ3v) is 2.74. The molecule has 0 aromatic rings. The Hall–Kier alpha value is -0.570. The maximum Gasteiger partial charge on any atom is 0.254 e.